The molecule has 0 spiro atoms. The van der Waals surface area contributed by atoms with Gasteiger partial charge in [-0.25, -0.2) is 0 Å². The van der Waals surface area contributed by atoms with E-state index in [-0.39, 0.29) is 16.7 Å². The van der Waals surface area contributed by atoms with E-state index >= 15 is 0 Å². The molecule has 0 radical (unpaired) electrons. The van der Waals surface area contributed by atoms with Crippen molar-refractivity contribution in [2.24, 2.45) is 0 Å². The van der Waals surface area contributed by atoms with Gasteiger partial charge in [-0.15, -0.1) is 0 Å². The Bertz CT molecular complexity index is 910. The molecule has 0 saturated heterocycles. The number of rotatable bonds is 8. The first kappa shape index (κ1) is 26.6. The van der Waals surface area contributed by atoms with Gasteiger partial charge >= 0.3 is 0 Å². The third-order valence-electron chi connectivity index (χ3n) is 5.21. The monoisotopic (exact) mass is 521 g/mol. The molecule has 0 aliphatic carbocycles. The average Bonchev–Trinajstić information content (AvgIpc) is 2.67. The zero-order valence-corrected chi connectivity index (χ0v) is 22.7. The van der Waals surface area contributed by atoms with Crippen molar-refractivity contribution in [3.8, 4) is 11.5 Å². The van der Waals surface area contributed by atoms with Crippen molar-refractivity contribution < 1.29 is 14.6 Å². The molecule has 4 nitrogen and oxygen atoms in total. The minimum atomic E-state index is -0.122. The Kier molecular flexibility index (Phi) is 9.12. The van der Waals surface area contributed by atoms with Crippen molar-refractivity contribution >= 4 is 39.3 Å². The second-order valence-corrected chi connectivity index (χ2v) is 12.1. The van der Waals surface area contributed by atoms with Crippen LogP contribution in [-0.4, -0.2) is 29.6 Å². The van der Waals surface area contributed by atoms with Gasteiger partial charge in [-0.1, -0.05) is 53.7 Å². The van der Waals surface area contributed by atoms with E-state index in [1.54, 1.807) is 18.9 Å². The number of aryl methyl sites for hydroxylation is 1. The summed E-state index contributed by atoms with van der Waals surface area (Å²) in [5, 5.41) is 13.8. The third kappa shape index (κ3) is 7.45. The molecule has 0 aliphatic heterocycles. The Balaban J connectivity index is 1.91. The maximum Gasteiger partial charge on any atom is 0.234 e. The molecule has 176 valence electrons. The minimum absolute atomic E-state index is 0.0123. The van der Waals surface area contributed by atoms with Crippen LogP contribution in [-0.2, 0) is 22.0 Å². The highest BCUT2D eigenvalue weighted by Crippen LogP contribution is 2.40. The van der Waals surface area contributed by atoms with Crippen molar-refractivity contribution in [3.63, 3.8) is 0 Å². The number of benzene rings is 2. The van der Waals surface area contributed by atoms with Gasteiger partial charge in [-0.2, -0.15) is 11.8 Å². The van der Waals surface area contributed by atoms with Crippen LogP contribution in [0.1, 0.15) is 64.7 Å². The molecular weight excluding hydrogens is 486 g/mol. The van der Waals surface area contributed by atoms with Gasteiger partial charge in [0.2, 0.25) is 5.91 Å². The van der Waals surface area contributed by atoms with E-state index in [2.05, 4.69) is 74.9 Å². The van der Waals surface area contributed by atoms with E-state index in [1.807, 2.05) is 18.2 Å². The van der Waals surface area contributed by atoms with Gasteiger partial charge in [-0.3, -0.25) is 4.79 Å². The summed E-state index contributed by atoms with van der Waals surface area (Å²) < 4.78 is 6.02. The fraction of sp³-hybridized carbons (Fsp3) is 0.500. The number of hydrogen-bond acceptors (Lipinski definition) is 4. The van der Waals surface area contributed by atoms with Crippen molar-refractivity contribution in [2.75, 3.05) is 23.9 Å². The van der Waals surface area contributed by atoms with E-state index < -0.39 is 0 Å². The second-order valence-electron chi connectivity index (χ2n) is 10.1. The predicted octanol–water partition coefficient (Wildman–Crippen LogP) is 7.06. The summed E-state index contributed by atoms with van der Waals surface area (Å²) in [5.41, 5.74) is 3.74. The zero-order valence-electron chi connectivity index (χ0n) is 20.3. The van der Waals surface area contributed by atoms with Gasteiger partial charge in [0.05, 0.1) is 17.3 Å². The molecule has 0 bridgehead atoms. The van der Waals surface area contributed by atoms with Crippen LogP contribution >= 0.6 is 27.7 Å². The van der Waals surface area contributed by atoms with E-state index in [0.29, 0.717) is 11.5 Å². The lowest BCUT2D eigenvalue weighted by Crippen LogP contribution is -2.18. The molecule has 0 fully saturated rings. The molecule has 0 atom stereocenters. The number of anilines is 1. The first-order valence-electron chi connectivity index (χ1n) is 10.9. The number of thioether (sulfide) groups is 1. The Morgan fingerprint density at radius 3 is 2.16 bits per heavy atom. The minimum Gasteiger partial charge on any atom is -0.507 e. The maximum atomic E-state index is 12.3. The molecule has 0 aliphatic rings. The van der Waals surface area contributed by atoms with E-state index in [4.69, 9.17) is 4.74 Å². The van der Waals surface area contributed by atoms with E-state index in [1.165, 1.54) is 5.56 Å². The van der Waals surface area contributed by atoms with Crippen LogP contribution in [0.15, 0.2) is 34.8 Å². The lowest BCUT2D eigenvalue weighted by molar-refractivity contribution is -0.113. The second kappa shape index (κ2) is 11.0. The number of ether oxygens (including phenoxy) is 1. The summed E-state index contributed by atoms with van der Waals surface area (Å²) in [5.74, 6) is 2.46. The normalized spacial score (nSPS) is 12.0. The van der Waals surface area contributed by atoms with Crippen LogP contribution in [0.2, 0.25) is 0 Å². The number of halogens is 1. The summed E-state index contributed by atoms with van der Waals surface area (Å²) >= 11 is 5.07. The Morgan fingerprint density at radius 2 is 1.66 bits per heavy atom. The van der Waals surface area contributed by atoms with Gasteiger partial charge in [-0.05, 0) is 80.2 Å². The molecule has 2 aromatic carbocycles. The third-order valence-corrected chi connectivity index (χ3v) is 6.87. The van der Waals surface area contributed by atoms with Crippen LogP contribution in [0.25, 0.3) is 0 Å². The van der Waals surface area contributed by atoms with Crippen LogP contribution in [0.5, 0.6) is 11.5 Å². The number of phenols is 1. The Morgan fingerprint density at radius 1 is 1.06 bits per heavy atom. The summed E-state index contributed by atoms with van der Waals surface area (Å²) in [7, 11) is 1.61. The Labute approximate surface area is 205 Å². The number of amides is 1. The Hall–Kier alpha value is -1.66. The molecule has 0 unspecified atom stereocenters. The molecule has 2 N–H and O–H groups in total. The topological polar surface area (TPSA) is 58.6 Å². The van der Waals surface area contributed by atoms with Crippen molar-refractivity contribution in [1.29, 1.82) is 0 Å². The number of aromatic hydroxyl groups is 1. The smallest absolute Gasteiger partial charge is 0.234 e. The maximum absolute atomic E-state index is 12.3. The summed E-state index contributed by atoms with van der Waals surface area (Å²) in [4.78, 5) is 12.3. The van der Waals surface area contributed by atoms with Gasteiger partial charge in [0.25, 0.3) is 0 Å². The fourth-order valence-corrected chi connectivity index (χ4v) is 4.76. The lowest BCUT2D eigenvalue weighted by Gasteiger charge is -2.28. The molecule has 0 heterocycles. The largest absolute Gasteiger partial charge is 0.507 e. The number of carbonyl (C=O) groups excluding carboxylic acids is 1. The first-order chi connectivity index (χ1) is 14.8. The lowest BCUT2D eigenvalue weighted by atomic mass is 9.78. The quantitative estimate of drug-likeness (QED) is 0.365. The molecule has 6 heteroatoms. The van der Waals surface area contributed by atoms with Gasteiger partial charge in [0.1, 0.15) is 11.5 Å². The average molecular weight is 523 g/mol. The molecule has 2 rings (SSSR count). The zero-order chi connectivity index (χ0) is 24.1. The molecule has 32 heavy (non-hydrogen) atoms. The highest BCUT2D eigenvalue weighted by atomic mass is 79.9. The SMILES string of the molecule is COc1ccc(NC(=O)CSCCCc2cc(C(C)(C)C)c(O)c(C(C)(C)C)c2)cc1Br. The highest BCUT2D eigenvalue weighted by Gasteiger charge is 2.26. The van der Waals surface area contributed by atoms with E-state index in [0.717, 1.165) is 45.6 Å². The van der Waals surface area contributed by atoms with Crippen LogP contribution < -0.4 is 10.1 Å². The van der Waals surface area contributed by atoms with Gasteiger partial charge in [0, 0.05) is 5.69 Å². The van der Waals surface area contributed by atoms with Gasteiger partial charge < -0.3 is 15.2 Å². The first-order valence-corrected chi connectivity index (χ1v) is 12.9. The molecule has 1 amide bonds. The van der Waals surface area contributed by atoms with Crippen LogP contribution in [0.4, 0.5) is 5.69 Å². The van der Waals surface area contributed by atoms with Crippen molar-refractivity contribution in [2.45, 2.75) is 65.2 Å². The molecule has 0 saturated carbocycles. The van der Waals surface area contributed by atoms with Crippen molar-refractivity contribution in [1.82, 2.24) is 0 Å². The van der Waals surface area contributed by atoms with Crippen LogP contribution in [0, 0.1) is 0 Å². The highest BCUT2D eigenvalue weighted by molar-refractivity contribution is 9.10. The van der Waals surface area contributed by atoms with Gasteiger partial charge in [0.15, 0.2) is 0 Å². The number of hydrogen-bond donors (Lipinski definition) is 2. The fourth-order valence-electron chi connectivity index (χ4n) is 3.47. The molecule has 2 aromatic rings. The number of phenolic OH excluding ortho intramolecular Hbond substituents is 1. The predicted molar refractivity (Wildman–Crippen MR) is 140 cm³/mol. The number of methoxy groups -OCH3 is 1. The number of nitrogens with one attached hydrogen (secondary N) is 1. The molecular formula is C26H36BrNO3S. The van der Waals surface area contributed by atoms with Crippen molar-refractivity contribution in [3.05, 3.63) is 51.5 Å². The standard InChI is InChI=1S/C26H36BrNO3S/c1-25(2,3)19-13-17(14-20(24(19)30)26(4,5)6)9-8-12-32-16-23(29)28-18-10-11-22(31-7)21(27)15-18/h10-11,13-15,30H,8-9,12,16H2,1-7H3,(H,28,29). The summed E-state index contributed by atoms with van der Waals surface area (Å²) in [6, 6.07) is 9.78. The summed E-state index contributed by atoms with van der Waals surface area (Å²) in [6.45, 7) is 12.8. The summed E-state index contributed by atoms with van der Waals surface area (Å²) in [6.07, 6.45) is 1.90. The molecule has 0 aromatic heterocycles. The number of carbonyl (C=O) groups is 1. The van der Waals surface area contributed by atoms with Crippen LogP contribution in [0.3, 0.4) is 0 Å². The van der Waals surface area contributed by atoms with E-state index in [9.17, 15) is 9.90 Å².